The van der Waals surface area contributed by atoms with Crippen LogP contribution >= 0.6 is 15.9 Å². The number of hydrogen-bond acceptors (Lipinski definition) is 4. The fourth-order valence-corrected chi connectivity index (χ4v) is 4.85. The van der Waals surface area contributed by atoms with Crippen molar-refractivity contribution < 1.29 is 9.53 Å². The van der Waals surface area contributed by atoms with Gasteiger partial charge in [-0.1, -0.05) is 12.1 Å². The quantitative estimate of drug-likeness (QED) is 0.485. The lowest BCUT2D eigenvalue weighted by Crippen LogP contribution is -2.31. The van der Waals surface area contributed by atoms with Crippen LogP contribution in [0.3, 0.4) is 0 Å². The van der Waals surface area contributed by atoms with Crippen molar-refractivity contribution in [3.05, 3.63) is 67.5 Å². The lowest BCUT2D eigenvalue weighted by atomic mass is 10.1. The molecule has 1 saturated carbocycles. The van der Waals surface area contributed by atoms with Crippen LogP contribution in [0, 0.1) is 0 Å². The van der Waals surface area contributed by atoms with Gasteiger partial charge in [0.25, 0.3) is 5.56 Å². The maximum absolute atomic E-state index is 13.1. The smallest absolute Gasteiger partial charge is 0.338 e. The molecule has 2 aromatic rings. The number of hydrogen-bond donors (Lipinski definition) is 0. The van der Waals surface area contributed by atoms with Gasteiger partial charge in [0.1, 0.15) is 5.60 Å². The molecule has 6 heteroatoms. The Morgan fingerprint density at radius 2 is 1.78 bits per heavy atom. The van der Waals surface area contributed by atoms with Gasteiger partial charge in [-0.2, -0.15) is 0 Å². The van der Waals surface area contributed by atoms with Gasteiger partial charge >= 0.3 is 5.97 Å². The number of rotatable bonds is 7. The lowest BCUT2D eigenvalue weighted by molar-refractivity contribution is 0.00695. The molecule has 2 aliphatic rings. The zero-order chi connectivity index (χ0) is 22.9. The van der Waals surface area contributed by atoms with Gasteiger partial charge < -0.3 is 9.30 Å². The highest BCUT2D eigenvalue weighted by atomic mass is 79.9. The fourth-order valence-electron chi connectivity index (χ4n) is 4.39. The molecule has 1 aliphatic heterocycles. The first-order chi connectivity index (χ1) is 15.2. The van der Waals surface area contributed by atoms with Crippen LogP contribution in [0.25, 0.3) is 0 Å². The van der Waals surface area contributed by atoms with E-state index in [4.69, 9.17) is 4.74 Å². The summed E-state index contributed by atoms with van der Waals surface area (Å²) in [5, 5.41) is 0. The van der Waals surface area contributed by atoms with Crippen LogP contribution in [0.15, 0.2) is 39.6 Å². The number of esters is 1. The summed E-state index contributed by atoms with van der Waals surface area (Å²) in [7, 11) is 0. The summed E-state index contributed by atoms with van der Waals surface area (Å²) < 4.78 is 8.09. The van der Waals surface area contributed by atoms with Crippen LogP contribution in [0.1, 0.15) is 79.6 Å². The van der Waals surface area contributed by atoms with Crippen LogP contribution in [-0.4, -0.2) is 34.1 Å². The van der Waals surface area contributed by atoms with E-state index in [-0.39, 0.29) is 11.5 Å². The standard InChI is InChI=1S/C26H33BrN2O3/c1-26(2,3)32-25(31)20-8-6-18(7-9-20)12-15-29-23(17-28-13-4-5-14-28)21(19-10-11-19)16-22(27)24(29)30/h6-9,16,19H,4-5,10-15,17H2,1-3H3. The molecule has 2 heterocycles. The van der Waals surface area contributed by atoms with E-state index >= 15 is 0 Å². The number of pyridine rings is 1. The molecule has 0 radical (unpaired) electrons. The molecule has 5 nitrogen and oxygen atoms in total. The molecule has 32 heavy (non-hydrogen) atoms. The molecule has 1 aromatic heterocycles. The molecule has 1 aliphatic carbocycles. The maximum atomic E-state index is 13.1. The van der Waals surface area contributed by atoms with Gasteiger partial charge in [-0.3, -0.25) is 9.69 Å². The number of benzene rings is 1. The molecular weight excluding hydrogens is 468 g/mol. The van der Waals surface area contributed by atoms with E-state index in [9.17, 15) is 9.59 Å². The summed E-state index contributed by atoms with van der Waals surface area (Å²) in [6.07, 6.45) is 5.64. The number of nitrogens with zero attached hydrogens (tertiary/aromatic N) is 2. The minimum absolute atomic E-state index is 0.0500. The number of aromatic nitrogens is 1. The molecule has 0 atom stereocenters. The van der Waals surface area contributed by atoms with Crippen LogP contribution in [0.5, 0.6) is 0 Å². The Bertz CT molecular complexity index is 1030. The van der Waals surface area contributed by atoms with E-state index in [1.807, 2.05) is 49.6 Å². The summed E-state index contributed by atoms with van der Waals surface area (Å²) in [6, 6.07) is 9.62. The zero-order valence-electron chi connectivity index (χ0n) is 19.3. The number of ether oxygens (including phenoxy) is 1. The van der Waals surface area contributed by atoms with E-state index in [1.54, 1.807) is 0 Å². The van der Waals surface area contributed by atoms with E-state index < -0.39 is 5.60 Å². The van der Waals surface area contributed by atoms with Crippen LogP contribution in [0.4, 0.5) is 0 Å². The Labute approximate surface area is 198 Å². The van der Waals surface area contributed by atoms with Gasteiger partial charge in [-0.25, -0.2) is 4.79 Å². The summed E-state index contributed by atoms with van der Waals surface area (Å²) in [4.78, 5) is 27.8. The molecule has 0 amide bonds. The lowest BCUT2D eigenvalue weighted by Gasteiger charge is -2.23. The molecular formula is C26H33BrN2O3. The van der Waals surface area contributed by atoms with Crippen molar-refractivity contribution >= 4 is 21.9 Å². The predicted molar refractivity (Wildman–Crippen MR) is 130 cm³/mol. The second-order valence-electron chi connectivity index (χ2n) is 10.1. The first-order valence-corrected chi connectivity index (χ1v) is 12.5. The van der Waals surface area contributed by atoms with Crippen molar-refractivity contribution in [1.29, 1.82) is 0 Å². The van der Waals surface area contributed by atoms with Gasteiger partial charge in [0.15, 0.2) is 0 Å². The molecule has 0 unspecified atom stereocenters. The van der Waals surface area contributed by atoms with Gasteiger partial charge in [-0.05, 0) is 117 Å². The van der Waals surface area contributed by atoms with Gasteiger partial charge in [0.2, 0.25) is 0 Å². The third-order valence-electron chi connectivity index (χ3n) is 6.19. The summed E-state index contributed by atoms with van der Waals surface area (Å²) in [6.45, 7) is 9.31. The molecule has 1 saturated heterocycles. The second kappa shape index (κ2) is 9.52. The molecule has 4 rings (SSSR count). The Balaban J connectivity index is 1.53. The van der Waals surface area contributed by atoms with E-state index in [1.165, 1.54) is 36.9 Å². The molecule has 172 valence electrons. The number of carbonyl (C=O) groups is 1. The minimum Gasteiger partial charge on any atom is -0.456 e. The van der Waals surface area contributed by atoms with Crippen molar-refractivity contribution in [2.24, 2.45) is 0 Å². The highest BCUT2D eigenvalue weighted by Gasteiger charge is 2.30. The first kappa shape index (κ1) is 23.2. The highest BCUT2D eigenvalue weighted by Crippen LogP contribution is 2.42. The first-order valence-electron chi connectivity index (χ1n) is 11.7. The Kier molecular flexibility index (Phi) is 6.91. The van der Waals surface area contributed by atoms with Crippen molar-refractivity contribution in [2.75, 3.05) is 13.1 Å². The Morgan fingerprint density at radius 3 is 2.38 bits per heavy atom. The zero-order valence-corrected chi connectivity index (χ0v) is 20.9. The number of likely N-dealkylation sites (tertiary alicyclic amines) is 1. The number of halogens is 1. The van der Waals surface area contributed by atoms with E-state index in [0.717, 1.165) is 31.6 Å². The minimum atomic E-state index is -0.511. The highest BCUT2D eigenvalue weighted by molar-refractivity contribution is 9.10. The van der Waals surface area contributed by atoms with Crippen LogP contribution in [-0.2, 0) is 24.2 Å². The van der Waals surface area contributed by atoms with E-state index in [2.05, 4.69) is 26.9 Å². The Morgan fingerprint density at radius 1 is 1.12 bits per heavy atom. The monoisotopic (exact) mass is 500 g/mol. The summed E-state index contributed by atoms with van der Waals surface area (Å²) in [5.74, 6) is 0.276. The second-order valence-corrected chi connectivity index (χ2v) is 10.9. The topological polar surface area (TPSA) is 51.5 Å². The average molecular weight is 501 g/mol. The Hall–Kier alpha value is -1.92. The largest absolute Gasteiger partial charge is 0.456 e. The molecule has 0 N–H and O–H groups in total. The molecule has 2 fully saturated rings. The molecule has 0 bridgehead atoms. The van der Waals surface area contributed by atoms with Gasteiger partial charge in [-0.15, -0.1) is 0 Å². The van der Waals surface area contributed by atoms with Crippen molar-refractivity contribution in [3.63, 3.8) is 0 Å². The van der Waals surface area contributed by atoms with Crippen molar-refractivity contribution in [3.8, 4) is 0 Å². The predicted octanol–water partition coefficient (Wildman–Crippen LogP) is 5.28. The number of carbonyl (C=O) groups excluding carboxylic acids is 1. The van der Waals surface area contributed by atoms with Crippen LogP contribution < -0.4 is 5.56 Å². The average Bonchev–Trinajstić information content (AvgIpc) is 3.45. The van der Waals surface area contributed by atoms with Crippen molar-refractivity contribution in [2.45, 2.75) is 77.5 Å². The SMILES string of the molecule is CC(C)(C)OC(=O)c1ccc(CCn2c(CN3CCCC3)c(C3CC3)cc(Br)c2=O)cc1. The van der Waals surface area contributed by atoms with Crippen molar-refractivity contribution in [1.82, 2.24) is 9.47 Å². The van der Waals surface area contributed by atoms with Gasteiger partial charge in [0.05, 0.1) is 10.0 Å². The van der Waals surface area contributed by atoms with Gasteiger partial charge in [0, 0.05) is 18.8 Å². The third kappa shape index (κ3) is 5.70. The summed E-state index contributed by atoms with van der Waals surface area (Å²) >= 11 is 3.52. The third-order valence-corrected chi connectivity index (χ3v) is 6.76. The van der Waals surface area contributed by atoms with Crippen LogP contribution in [0.2, 0.25) is 0 Å². The number of aryl methyl sites for hydroxylation is 1. The maximum Gasteiger partial charge on any atom is 0.338 e. The molecule has 1 aromatic carbocycles. The van der Waals surface area contributed by atoms with E-state index in [0.29, 0.717) is 22.5 Å². The fraction of sp³-hybridized carbons (Fsp3) is 0.538. The molecule has 0 spiro atoms. The summed E-state index contributed by atoms with van der Waals surface area (Å²) in [5.41, 5.74) is 3.71. The normalized spacial score (nSPS) is 17.0.